The monoisotopic (exact) mass is 388 g/mol. The molecule has 0 saturated carbocycles. The lowest BCUT2D eigenvalue weighted by molar-refractivity contribution is -0.126. The quantitative estimate of drug-likeness (QED) is 0.612. The van der Waals surface area contributed by atoms with Gasteiger partial charge < -0.3 is 15.4 Å². The third-order valence-corrected chi connectivity index (χ3v) is 4.38. The number of benzene rings is 2. The molecule has 6 heteroatoms. The Morgan fingerprint density at radius 3 is 2.22 bits per heavy atom. The van der Waals surface area contributed by atoms with Gasteiger partial charge in [-0.25, -0.2) is 0 Å². The van der Waals surface area contributed by atoms with Gasteiger partial charge in [-0.1, -0.05) is 35.9 Å². The number of methoxy groups -OCH3 is 1. The number of carbonyl (C=O) groups is 2. The zero-order chi connectivity index (χ0) is 19.5. The normalized spacial score (nSPS) is 10.3. The number of hydrogen-bond acceptors (Lipinski definition) is 3. The summed E-state index contributed by atoms with van der Waals surface area (Å²) in [6, 6.07) is 15.2. The van der Waals surface area contributed by atoms with E-state index in [1.165, 1.54) is 5.56 Å². The topological polar surface area (TPSA) is 67.4 Å². The molecule has 2 N–H and O–H groups in total. The predicted molar refractivity (Wildman–Crippen MR) is 107 cm³/mol. The molecule has 2 amide bonds. The fourth-order valence-electron chi connectivity index (χ4n) is 2.54. The van der Waals surface area contributed by atoms with Crippen molar-refractivity contribution >= 4 is 23.4 Å². The molecule has 2 rings (SSSR count). The Bertz CT molecular complexity index is 730. The number of unbranched alkanes of at least 4 members (excludes halogenated alkanes) is 1. The van der Waals surface area contributed by atoms with E-state index in [4.69, 9.17) is 16.3 Å². The summed E-state index contributed by atoms with van der Waals surface area (Å²) in [7, 11) is 1.64. The molecule has 0 fully saturated rings. The smallest absolute Gasteiger partial charge is 0.239 e. The van der Waals surface area contributed by atoms with Crippen LogP contribution in [0.15, 0.2) is 48.5 Å². The number of carbonyl (C=O) groups excluding carboxylic acids is 2. The maximum atomic E-state index is 11.8. The summed E-state index contributed by atoms with van der Waals surface area (Å²) in [4.78, 5) is 23.6. The van der Waals surface area contributed by atoms with Gasteiger partial charge in [-0.05, 0) is 54.7 Å². The lowest BCUT2D eigenvalue weighted by Gasteiger charge is -2.07. The molecule has 0 aliphatic rings. The van der Waals surface area contributed by atoms with Crippen molar-refractivity contribution in [2.45, 2.75) is 32.2 Å². The van der Waals surface area contributed by atoms with Gasteiger partial charge in [-0.15, -0.1) is 0 Å². The van der Waals surface area contributed by atoms with E-state index in [2.05, 4.69) is 10.6 Å². The molecule has 0 unspecified atom stereocenters. The summed E-state index contributed by atoms with van der Waals surface area (Å²) >= 11 is 5.82. The molecule has 0 aliphatic carbocycles. The van der Waals surface area contributed by atoms with Gasteiger partial charge in [0.05, 0.1) is 13.7 Å². The first-order valence-corrected chi connectivity index (χ1v) is 9.35. The molecule has 0 heterocycles. The van der Waals surface area contributed by atoms with Crippen molar-refractivity contribution in [2.75, 3.05) is 13.7 Å². The van der Waals surface area contributed by atoms with E-state index in [9.17, 15) is 9.59 Å². The van der Waals surface area contributed by atoms with Crippen molar-refractivity contribution < 1.29 is 14.3 Å². The Kier molecular flexibility index (Phi) is 8.65. The second kappa shape index (κ2) is 11.2. The Balaban J connectivity index is 1.55. The van der Waals surface area contributed by atoms with Crippen LogP contribution in [0.2, 0.25) is 5.02 Å². The van der Waals surface area contributed by atoms with E-state index in [1.807, 2.05) is 36.4 Å². The van der Waals surface area contributed by atoms with E-state index in [1.54, 1.807) is 19.2 Å². The van der Waals surface area contributed by atoms with Gasteiger partial charge in [0.1, 0.15) is 5.75 Å². The molecule has 27 heavy (non-hydrogen) atoms. The number of ether oxygens (including phenoxy) is 1. The molecule has 0 spiro atoms. The zero-order valence-electron chi connectivity index (χ0n) is 15.5. The maximum absolute atomic E-state index is 11.8. The number of hydrogen-bond donors (Lipinski definition) is 2. The van der Waals surface area contributed by atoms with Gasteiger partial charge in [0.25, 0.3) is 0 Å². The van der Waals surface area contributed by atoms with Crippen LogP contribution in [0.5, 0.6) is 5.75 Å². The fraction of sp³-hybridized carbons (Fsp3) is 0.333. The Labute approximate surface area is 165 Å². The van der Waals surface area contributed by atoms with Crippen LogP contribution in [0.3, 0.4) is 0 Å². The summed E-state index contributed by atoms with van der Waals surface area (Å²) in [6.45, 7) is 0.401. The van der Waals surface area contributed by atoms with Crippen LogP contribution in [0, 0.1) is 0 Å². The second-order valence-electron chi connectivity index (χ2n) is 6.24. The lowest BCUT2D eigenvalue weighted by atomic mass is 10.1. The minimum atomic E-state index is -0.212. The van der Waals surface area contributed by atoms with Crippen LogP contribution in [-0.4, -0.2) is 25.5 Å². The molecule has 2 aromatic rings. The molecule has 0 bridgehead atoms. The van der Waals surface area contributed by atoms with Gasteiger partial charge in [0, 0.05) is 18.0 Å². The number of aryl methyl sites for hydroxylation is 1. The Morgan fingerprint density at radius 1 is 0.889 bits per heavy atom. The molecule has 0 radical (unpaired) electrons. The summed E-state index contributed by atoms with van der Waals surface area (Å²) in [5.41, 5.74) is 2.18. The molecule has 2 aromatic carbocycles. The van der Waals surface area contributed by atoms with E-state index in [0.717, 1.165) is 30.6 Å². The highest BCUT2D eigenvalue weighted by molar-refractivity contribution is 6.30. The van der Waals surface area contributed by atoms with Crippen LogP contribution in [0.25, 0.3) is 0 Å². The van der Waals surface area contributed by atoms with E-state index in [-0.39, 0.29) is 18.4 Å². The molecular weight excluding hydrogens is 364 g/mol. The predicted octanol–water partition coefficient (Wildman–Crippen LogP) is 3.49. The summed E-state index contributed by atoms with van der Waals surface area (Å²) in [6.07, 6.45) is 3.03. The van der Waals surface area contributed by atoms with Gasteiger partial charge in [0.15, 0.2) is 0 Å². The van der Waals surface area contributed by atoms with Crippen molar-refractivity contribution in [1.82, 2.24) is 10.6 Å². The minimum absolute atomic E-state index is 0.00902. The van der Waals surface area contributed by atoms with Gasteiger partial charge in [0.2, 0.25) is 11.8 Å². The molecule has 144 valence electrons. The highest BCUT2D eigenvalue weighted by Crippen LogP contribution is 2.13. The first-order chi connectivity index (χ1) is 13.1. The van der Waals surface area contributed by atoms with Crippen molar-refractivity contribution in [2.24, 2.45) is 0 Å². The maximum Gasteiger partial charge on any atom is 0.239 e. The third kappa shape index (κ3) is 8.13. The summed E-state index contributed by atoms with van der Waals surface area (Å²) in [5, 5.41) is 6.07. The van der Waals surface area contributed by atoms with Crippen molar-refractivity contribution in [1.29, 1.82) is 0 Å². The SMILES string of the molecule is COc1ccc(CCCCC(=O)NCC(=O)NCc2ccc(Cl)cc2)cc1. The van der Waals surface area contributed by atoms with Crippen molar-refractivity contribution in [3.05, 3.63) is 64.7 Å². The van der Waals surface area contributed by atoms with E-state index < -0.39 is 0 Å². The average molecular weight is 389 g/mol. The van der Waals surface area contributed by atoms with Gasteiger partial charge >= 0.3 is 0 Å². The van der Waals surface area contributed by atoms with Crippen LogP contribution in [0.1, 0.15) is 30.4 Å². The highest BCUT2D eigenvalue weighted by Gasteiger charge is 2.06. The molecule has 0 atom stereocenters. The third-order valence-electron chi connectivity index (χ3n) is 4.13. The van der Waals surface area contributed by atoms with Crippen molar-refractivity contribution in [3.8, 4) is 5.75 Å². The molecule has 0 saturated heterocycles. The highest BCUT2D eigenvalue weighted by atomic mass is 35.5. The first kappa shape index (κ1) is 20.8. The van der Waals surface area contributed by atoms with E-state index in [0.29, 0.717) is 18.0 Å². The Morgan fingerprint density at radius 2 is 1.56 bits per heavy atom. The average Bonchev–Trinajstić information content (AvgIpc) is 2.69. The van der Waals surface area contributed by atoms with Crippen LogP contribution < -0.4 is 15.4 Å². The number of rotatable bonds is 10. The zero-order valence-corrected chi connectivity index (χ0v) is 16.2. The molecular formula is C21H25ClN2O3. The van der Waals surface area contributed by atoms with E-state index >= 15 is 0 Å². The fourth-order valence-corrected chi connectivity index (χ4v) is 2.67. The van der Waals surface area contributed by atoms with Crippen LogP contribution in [-0.2, 0) is 22.6 Å². The summed E-state index contributed by atoms with van der Waals surface area (Å²) in [5.74, 6) is 0.523. The number of halogens is 1. The molecule has 0 aromatic heterocycles. The van der Waals surface area contributed by atoms with Crippen molar-refractivity contribution in [3.63, 3.8) is 0 Å². The lowest BCUT2D eigenvalue weighted by Crippen LogP contribution is -2.36. The minimum Gasteiger partial charge on any atom is -0.497 e. The largest absolute Gasteiger partial charge is 0.497 e. The number of amides is 2. The standard InChI is InChI=1S/C21H25ClN2O3/c1-27-19-12-8-16(9-13-19)4-2-3-5-20(25)24-15-21(26)23-14-17-6-10-18(22)11-7-17/h6-13H,2-5,14-15H2,1H3,(H,23,26)(H,24,25). The first-order valence-electron chi connectivity index (χ1n) is 8.97. The Hall–Kier alpha value is -2.53. The molecule has 0 aliphatic heterocycles. The second-order valence-corrected chi connectivity index (χ2v) is 6.67. The van der Waals surface area contributed by atoms with Crippen LogP contribution >= 0.6 is 11.6 Å². The van der Waals surface area contributed by atoms with Gasteiger partial charge in [-0.3, -0.25) is 9.59 Å². The molecule has 5 nitrogen and oxygen atoms in total. The summed E-state index contributed by atoms with van der Waals surface area (Å²) < 4.78 is 5.13. The van der Waals surface area contributed by atoms with Crippen LogP contribution in [0.4, 0.5) is 0 Å². The van der Waals surface area contributed by atoms with Gasteiger partial charge in [-0.2, -0.15) is 0 Å². The number of nitrogens with one attached hydrogen (secondary N) is 2.